The number of amides is 1. The van der Waals surface area contributed by atoms with E-state index in [2.05, 4.69) is 10.5 Å². The monoisotopic (exact) mass is 513 g/mol. The molecule has 0 fully saturated rings. The van der Waals surface area contributed by atoms with Crippen molar-refractivity contribution >= 4 is 27.8 Å². The normalized spacial score (nSPS) is 11.1. The first-order valence-electron chi connectivity index (χ1n) is 10.7. The molecule has 0 saturated heterocycles. The Kier molecular flexibility index (Phi) is 8.74. The largest absolute Gasteiger partial charge is 0.497 e. The van der Waals surface area contributed by atoms with Gasteiger partial charge in [-0.25, -0.2) is 13.8 Å². The number of rotatable bonds is 11. The van der Waals surface area contributed by atoms with Crippen LogP contribution >= 0.6 is 0 Å². The zero-order valence-electron chi connectivity index (χ0n) is 20.3. The molecule has 0 unspecified atom stereocenters. The summed E-state index contributed by atoms with van der Waals surface area (Å²) in [5.74, 6) is 1.14. The first-order valence-corrected chi connectivity index (χ1v) is 12.1. The van der Waals surface area contributed by atoms with E-state index >= 15 is 0 Å². The Labute approximate surface area is 210 Å². The lowest BCUT2D eigenvalue weighted by Crippen LogP contribution is -2.39. The molecule has 0 saturated carbocycles. The minimum absolute atomic E-state index is 0.0147. The van der Waals surface area contributed by atoms with Gasteiger partial charge in [0.1, 0.15) is 12.3 Å². The summed E-state index contributed by atoms with van der Waals surface area (Å²) in [7, 11) is 1.90. The van der Waals surface area contributed by atoms with Crippen molar-refractivity contribution in [3.63, 3.8) is 0 Å². The van der Waals surface area contributed by atoms with Gasteiger partial charge in [0.15, 0.2) is 11.5 Å². The van der Waals surface area contributed by atoms with Crippen LogP contribution in [0, 0.1) is 0 Å². The number of carbonyl (C=O) groups excluding carboxylic acids is 1. The van der Waals surface area contributed by atoms with Crippen molar-refractivity contribution in [2.75, 3.05) is 39.3 Å². The number of anilines is 1. The molecule has 3 aromatic rings. The highest BCUT2D eigenvalue weighted by atomic mass is 32.2. The van der Waals surface area contributed by atoms with Crippen LogP contribution in [0.2, 0.25) is 0 Å². The molecular formula is C25H27N3O7S. The second kappa shape index (κ2) is 11.9. The van der Waals surface area contributed by atoms with Crippen molar-refractivity contribution in [2.24, 2.45) is 5.10 Å². The number of hydrazone groups is 1. The Morgan fingerprint density at radius 3 is 2.03 bits per heavy atom. The molecule has 190 valence electrons. The molecule has 3 aromatic carbocycles. The molecule has 0 aliphatic rings. The van der Waals surface area contributed by atoms with Crippen LogP contribution in [0.5, 0.6) is 23.0 Å². The van der Waals surface area contributed by atoms with E-state index < -0.39 is 22.5 Å². The summed E-state index contributed by atoms with van der Waals surface area (Å²) >= 11 is 0. The van der Waals surface area contributed by atoms with Gasteiger partial charge < -0.3 is 18.9 Å². The fraction of sp³-hybridized carbons (Fsp3) is 0.200. The molecule has 11 heteroatoms. The molecule has 0 heterocycles. The minimum atomic E-state index is -4.06. The van der Waals surface area contributed by atoms with E-state index in [1.807, 2.05) is 0 Å². The third kappa shape index (κ3) is 6.05. The van der Waals surface area contributed by atoms with E-state index in [0.29, 0.717) is 34.2 Å². The highest BCUT2D eigenvalue weighted by Crippen LogP contribution is 2.37. The standard InChI is InChI=1S/C25H27N3O7S/c1-32-20-10-12-21(13-11-20)36(30,31)28(19-8-6-5-7-9-19)17-24(29)27-26-16-18-14-22(33-2)25(35-4)23(15-18)34-3/h5-16H,17H2,1-4H3,(H,27,29)/b26-16-. The maximum absolute atomic E-state index is 13.4. The number of benzene rings is 3. The smallest absolute Gasteiger partial charge is 0.264 e. The van der Waals surface area contributed by atoms with Crippen LogP contribution in [0.25, 0.3) is 0 Å². The lowest BCUT2D eigenvalue weighted by molar-refractivity contribution is -0.119. The lowest BCUT2D eigenvalue weighted by Gasteiger charge is -2.23. The van der Waals surface area contributed by atoms with Crippen molar-refractivity contribution in [3.05, 3.63) is 72.3 Å². The maximum atomic E-state index is 13.4. The number of methoxy groups -OCH3 is 4. The van der Waals surface area contributed by atoms with Gasteiger partial charge in [-0.1, -0.05) is 18.2 Å². The van der Waals surface area contributed by atoms with Crippen molar-refractivity contribution in [3.8, 4) is 23.0 Å². The number of ether oxygens (including phenoxy) is 4. The van der Waals surface area contributed by atoms with E-state index in [4.69, 9.17) is 18.9 Å². The van der Waals surface area contributed by atoms with Crippen LogP contribution in [-0.4, -0.2) is 55.5 Å². The summed E-state index contributed by atoms with van der Waals surface area (Å²) in [5.41, 5.74) is 3.26. The molecule has 3 rings (SSSR count). The molecule has 1 amide bonds. The van der Waals surface area contributed by atoms with Gasteiger partial charge in [0.05, 0.1) is 45.2 Å². The number of nitrogens with zero attached hydrogens (tertiary/aromatic N) is 2. The summed E-state index contributed by atoms with van der Waals surface area (Å²) in [6.45, 7) is -0.495. The second-order valence-corrected chi connectivity index (χ2v) is 9.14. The molecule has 0 aliphatic carbocycles. The highest BCUT2D eigenvalue weighted by Gasteiger charge is 2.27. The zero-order chi connectivity index (χ0) is 26.1. The number of hydrogen-bond acceptors (Lipinski definition) is 8. The second-order valence-electron chi connectivity index (χ2n) is 7.27. The zero-order valence-corrected chi connectivity index (χ0v) is 21.1. The summed E-state index contributed by atoms with van der Waals surface area (Å²) in [6, 6.07) is 17.6. The fourth-order valence-corrected chi connectivity index (χ4v) is 4.73. The van der Waals surface area contributed by atoms with E-state index in [1.54, 1.807) is 42.5 Å². The van der Waals surface area contributed by atoms with Crippen LogP contribution < -0.4 is 28.7 Å². The van der Waals surface area contributed by atoms with Crippen molar-refractivity contribution < 1.29 is 32.2 Å². The molecular weight excluding hydrogens is 486 g/mol. The van der Waals surface area contributed by atoms with Crippen LogP contribution in [0.4, 0.5) is 5.69 Å². The van der Waals surface area contributed by atoms with Gasteiger partial charge in [0, 0.05) is 5.56 Å². The van der Waals surface area contributed by atoms with Gasteiger partial charge in [-0.05, 0) is 48.5 Å². The van der Waals surface area contributed by atoms with Crippen LogP contribution in [0.1, 0.15) is 5.56 Å². The van der Waals surface area contributed by atoms with Crippen molar-refractivity contribution in [1.29, 1.82) is 0 Å². The van der Waals surface area contributed by atoms with Crippen LogP contribution in [-0.2, 0) is 14.8 Å². The molecule has 1 N–H and O–H groups in total. The van der Waals surface area contributed by atoms with E-state index in [0.717, 1.165) is 4.31 Å². The van der Waals surface area contributed by atoms with Crippen molar-refractivity contribution in [1.82, 2.24) is 5.43 Å². The maximum Gasteiger partial charge on any atom is 0.264 e. The molecule has 0 spiro atoms. The fourth-order valence-electron chi connectivity index (χ4n) is 3.30. The average Bonchev–Trinajstić information content (AvgIpc) is 2.91. The van der Waals surface area contributed by atoms with Gasteiger partial charge >= 0.3 is 0 Å². The molecule has 0 radical (unpaired) electrons. The van der Waals surface area contributed by atoms with E-state index in [9.17, 15) is 13.2 Å². The predicted molar refractivity (Wildman–Crippen MR) is 136 cm³/mol. The Balaban J connectivity index is 1.82. The molecule has 10 nitrogen and oxygen atoms in total. The number of carbonyl (C=O) groups is 1. The molecule has 0 aliphatic heterocycles. The summed E-state index contributed by atoms with van der Waals surface area (Å²) in [6.07, 6.45) is 1.38. The first-order chi connectivity index (χ1) is 17.3. The molecule has 0 atom stereocenters. The molecule has 0 bridgehead atoms. The Bertz CT molecular complexity index is 1290. The summed E-state index contributed by atoms with van der Waals surface area (Å²) < 4.78 is 48.8. The topological polar surface area (TPSA) is 116 Å². The van der Waals surface area contributed by atoms with Crippen LogP contribution in [0.3, 0.4) is 0 Å². The van der Waals surface area contributed by atoms with Crippen molar-refractivity contribution in [2.45, 2.75) is 4.90 Å². The quantitative estimate of drug-likeness (QED) is 0.309. The number of para-hydroxylation sites is 1. The Hall–Kier alpha value is -4.25. The van der Waals surface area contributed by atoms with Gasteiger partial charge in [-0.3, -0.25) is 9.10 Å². The Morgan fingerprint density at radius 2 is 1.50 bits per heavy atom. The Morgan fingerprint density at radius 1 is 0.889 bits per heavy atom. The third-order valence-electron chi connectivity index (χ3n) is 5.07. The van der Waals surface area contributed by atoms with Crippen LogP contribution in [0.15, 0.2) is 76.7 Å². The molecule has 36 heavy (non-hydrogen) atoms. The lowest BCUT2D eigenvalue weighted by atomic mass is 10.2. The summed E-state index contributed by atoms with van der Waals surface area (Å²) in [4.78, 5) is 12.7. The van der Waals surface area contributed by atoms with Gasteiger partial charge in [-0.15, -0.1) is 0 Å². The van der Waals surface area contributed by atoms with Gasteiger partial charge in [-0.2, -0.15) is 5.10 Å². The average molecular weight is 514 g/mol. The SMILES string of the molecule is COc1ccc(S(=O)(=O)N(CC(=O)N/N=C\c2cc(OC)c(OC)c(OC)c2)c2ccccc2)cc1. The third-order valence-corrected chi connectivity index (χ3v) is 6.86. The summed E-state index contributed by atoms with van der Waals surface area (Å²) in [5, 5.41) is 3.96. The minimum Gasteiger partial charge on any atom is -0.497 e. The highest BCUT2D eigenvalue weighted by molar-refractivity contribution is 7.92. The number of nitrogens with one attached hydrogen (secondary N) is 1. The van der Waals surface area contributed by atoms with Gasteiger partial charge in [0.2, 0.25) is 5.75 Å². The number of hydrogen-bond donors (Lipinski definition) is 1. The number of sulfonamides is 1. The van der Waals surface area contributed by atoms with Gasteiger partial charge in [0.25, 0.3) is 15.9 Å². The first kappa shape index (κ1) is 26.4. The van der Waals surface area contributed by atoms with E-state index in [-0.39, 0.29) is 4.90 Å². The van der Waals surface area contributed by atoms with E-state index in [1.165, 1.54) is 58.9 Å². The predicted octanol–water partition coefficient (Wildman–Crippen LogP) is 3.07. The molecule has 0 aromatic heterocycles.